The van der Waals surface area contributed by atoms with Crippen LogP contribution in [0.2, 0.25) is 0 Å². The highest BCUT2D eigenvalue weighted by molar-refractivity contribution is 6.09. The van der Waals surface area contributed by atoms with Crippen LogP contribution in [-0.2, 0) is 19.0 Å². The first-order valence-electron chi connectivity index (χ1n) is 10.7. The van der Waals surface area contributed by atoms with Crippen molar-refractivity contribution >= 4 is 11.7 Å². The second-order valence-corrected chi connectivity index (χ2v) is 8.10. The van der Waals surface area contributed by atoms with E-state index in [2.05, 4.69) is 11.9 Å². The van der Waals surface area contributed by atoms with Crippen molar-refractivity contribution in [3.05, 3.63) is 71.5 Å². The van der Waals surface area contributed by atoms with Crippen LogP contribution in [0.3, 0.4) is 0 Å². The lowest BCUT2D eigenvalue weighted by atomic mass is 9.77. The van der Waals surface area contributed by atoms with Gasteiger partial charge in [0.25, 0.3) is 5.91 Å². The zero-order valence-corrected chi connectivity index (χ0v) is 19.2. The number of aliphatic hydroxyl groups is 1. The number of amides is 1. The summed E-state index contributed by atoms with van der Waals surface area (Å²) < 4.78 is 17.3. The summed E-state index contributed by atoms with van der Waals surface area (Å²) in [5.41, 5.74) is -1.91. The highest BCUT2D eigenvalue weighted by Crippen LogP contribution is 2.52. The Hall–Kier alpha value is -2.74. The standard InChI is InChI=1S/C25H31NO6/c1-7-8-14-19(30-5)20(27)21-15(2)16(3)24(32-21)17(4)25(31-6,26-23(24)29)22(28)18-12-10-9-11-13-18/h8-14,17,19-20,27H,3,7H2,1-2,4-6H3,(H,26,29)/b14-8-/t17-,19+,20+,24-,25+/m1/s1. The van der Waals surface area contributed by atoms with E-state index >= 15 is 0 Å². The van der Waals surface area contributed by atoms with Gasteiger partial charge in [-0.2, -0.15) is 0 Å². The number of ether oxygens (including phenoxy) is 3. The minimum Gasteiger partial charge on any atom is -0.473 e. The van der Waals surface area contributed by atoms with E-state index in [0.29, 0.717) is 16.7 Å². The van der Waals surface area contributed by atoms with Gasteiger partial charge in [0.1, 0.15) is 18.0 Å². The van der Waals surface area contributed by atoms with Gasteiger partial charge in [0, 0.05) is 25.4 Å². The lowest BCUT2D eigenvalue weighted by Gasteiger charge is -2.35. The third-order valence-electron chi connectivity index (χ3n) is 6.51. The number of hydrogen-bond donors (Lipinski definition) is 2. The van der Waals surface area contributed by atoms with E-state index in [1.807, 2.05) is 13.0 Å². The Morgan fingerprint density at radius 2 is 2.00 bits per heavy atom. The summed E-state index contributed by atoms with van der Waals surface area (Å²) >= 11 is 0. The molecule has 7 nitrogen and oxygen atoms in total. The number of carbonyl (C=O) groups excluding carboxylic acids is 2. The molecule has 1 aromatic carbocycles. The van der Waals surface area contributed by atoms with Gasteiger partial charge in [0.15, 0.2) is 0 Å². The number of methoxy groups -OCH3 is 2. The molecule has 3 rings (SSSR count). The Bertz CT molecular complexity index is 968. The molecule has 32 heavy (non-hydrogen) atoms. The van der Waals surface area contributed by atoms with Crippen LogP contribution in [-0.4, -0.2) is 54.6 Å². The van der Waals surface area contributed by atoms with E-state index in [9.17, 15) is 14.7 Å². The van der Waals surface area contributed by atoms with Crippen LogP contribution in [0, 0.1) is 5.92 Å². The summed E-state index contributed by atoms with van der Waals surface area (Å²) in [4.78, 5) is 26.8. The molecule has 0 aliphatic carbocycles. The highest BCUT2D eigenvalue weighted by Gasteiger charge is 2.69. The van der Waals surface area contributed by atoms with Crippen LogP contribution in [0.5, 0.6) is 0 Å². The molecule has 0 aromatic heterocycles. The Kier molecular flexibility index (Phi) is 6.74. The number of aliphatic hydroxyl groups excluding tert-OH is 1. The molecule has 2 aliphatic heterocycles. The summed E-state index contributed by atoms with van der Waals surface area (Å²) in [7, 11) is 2.86. The van der Waals surface area contributed by atoms with Crippen molar-refractivity contribution < 1.29 is 28.9 Å². The van der Waals surface area contributed by atoms with E-state index in [-0.39, 0.29) is 11.5 Å². The van der Waals surface area contributed by atoms with E-state index in [4.69, 9.17) is 14.2 Å². The van der Waals surface area contributed by atoms with E-state index in [1.54, 1.807) is 50.3 Å². The topological polar surface area (TPSA) is 94.1 Å². The smallest absolute Gasteiger partial charge is 0.271 e. The molecule has 172 valence electrons. The van der Waals surface area contributed by atoms with Gasteiger partial charge in [-0.05, 0) is 18.9 Å². The highest BCUT2D eigenvalue weighted by atomic mass is 16.6. The van der Waals surface area contributed by atoms with Crippen molar-refractivity contribution in [2.24, 2.45) is 5.92 Å². The Balaban J connectivity index is 2.00. The third-order valence-corrected chi connectivity index (χ3v) is 6.51. The fourth-order valence-corrected chi connectivity index (χ4v) is 4.52. The summed E-state index contributed by atoms with van der Waals surface area (Å²) in [6.07, 6.45) is 2.59. The van der Waals surface area contributed by atoms with Gasteiger partial charge >= 0.3 is 0 Å². The van der Waals surface area contributed by atoms with Crippen molar-refractivity contribution in [2.75, 3.05) is 14.2 Å². The first kappa shape index (κ1) is 23.9. The fourth-order valence-electron chi connectivity index (χ4n) is 4.52. The average Bonchev–Trinajstić information content (AvgIpc) is 3.21. The molecular weight excluding hydrogens is 410 g/mol. The van der Waals surface area contributed by atoms with Gasteiger partial charge in [0.2, 0.25) is 17.1 Å². The largest absolute Gasteiger partial charge is 0.473 e. The molecule has 2 N–H and O–H groups in total. The number of hydrogen-bond acceptors (Lipinski definition) is 6. The summed E-state index contributed by atoms with van der Waals surface area (Å²) in [6, 6.07) is 8.62. The lowest BCUT2D eigenvalue weighted by molar-refractivity contribution is -0.136. The molecule has 7 heteroatoms. The second-order valence-electron chi connectivity index (χ2n) is 8.10. The van der Waals surface area contributed by atoms with E-state index in [0.717, 1.165) is 6.42 Å². The molecule has 5 atom stereocenters. The van der Waals surface area contributed by atoms with Crippen molar-refractivity contribution in [2.45, 2.75) is 50.7 Å². The van der Waals surface area contributed by atoms with Crippen LogP contribution in [0.4, 0.5) is 0 Å². The van der Waals surface area contributed by atoms with Crippen molar-refractivity contribution in [3.63, 3.8) is 0 Å². The third kappa shape index (κ3) is 3.41. The monoisotopic (exact) mass is 441 g/mol. The molecule has 0 bridgehead atoms. The van der Waals surface area contributed by atoms with E-state index in [1.165, 1.54) is 14.2 Å². The van der Waals surface area contributed by atoms with Gasteiger partial charge in [-0.15, -0.1) is 0 Å². The summed E-state index contributed by atoms with van der Waals surface area (Å²) in [6.45, 7) is 9.52. The van der Waals surface area contributed by atoms with Gasteiger partial charge < -0.3 is 24.6 Å². The van der Waals surface area contributed by atoms with Gasteiger partial charge in [-0.25, -0.2) is 0 Å². The zero-order chi connectivity index (χ0) is 23.7. The van der Waals surface area contributed by atoms with Gasteiger partial charge in [-0.3, -0.25) is 9.59 Å². The number of carbonyl (C=O) groups is 2. The van der Waals surface area contributed by atoms with Crippen molar-refractivity contribution in [1.82, 2.24) is 5.32 Å². The normalized spacial score (nSPS) is 29.5. The van der Waals surface area contributed by atoms with Crippen LogP contribution in [0.1, 0.15) is 37.6 Å². The maximum Gasteiger partial charge on any atom is 0.271 e. The van der Waals surface area contributed by atoms with E-state index < -0.39 is 35.4 Å². The quantitative estimate of drug-likeness (QED) is 0.476. The van der Waals surface area contributed by atoms with Crippen LogP contribution in [0.15, 0.2) is 66.0 Å². The Labute approximate surface area is 188 Å². The first-order chi connectivity index (χ1) is 15.2. The van der Waals surface area contributed by atoms with Crippen LogP contribution >= 0.6 is 0 Å². The Morgan fingerprint density at radius 3 is 2.56 bits per heavy atom. The van der Waals surface area contributed by atoms with Crippen molar-refractivity contribution in [1.29, 1.82) is 0 Å². The Morgan fingerprint density at radius 1 is 1.34 bits per heavy atom. The number of rotatable bonds is 8. The zero-order valence-electron chi connectivity index (χ0n) is 19.2. The number of nitrogens with one attached hydrogen (secondary N) is 1. The van der Waals surface area contributed by atoms with Crippen LogP contribution < -0.4 is 5.32 Å². The lowest BCUT2D eigenvalue weighted by Crippen LogP contribution is -2.55. The number of Topliss-reactive ketones (excluding diaryl/α,β-unsaturated/α-hetero) is 1. The van der Waals surface area contributed by atoms with Crippen LogP contribution in [0.25, 0.3) is 0 Å². The molecule has 1 fully saturated rings. The molecule has 2 aliphatic rings. The molecule has 1 aromatic rings. The summed E-state index contributed by atoms with van der Waals surface area (Å²) in [5, 5.41) is 13.7. The average molecular weight is 442 g/mol. The maximum absolute atomic E-state index is 13.5. The molecule has 0 radical (unpaired) electrons. The minimum absolute atomic E-state index is 0.198. The van der Waals surface area contributed by atoms with Gasteiger partial charge in [-0.1, -0.05) is 62.9 Å². The fraction of sp³-hybridized carbons (Fsp3) is 0.440. The predicted octanol–water partition coefficient (Wildman–Crippen LogP) is 2.92. The maximum atomic E-state index is 13.5. The second kappa shape index (κ2) is 9.02. The summed E-state index contributed by atoms with van der Waals surface area (Å²) in [5.74, 6) is -1.51. The first-order valence-corrected chi connectivity index (χ1v) is 10.7. The molecule has 1 amide bonds. The molecule has 1 saturated heterocycles. The minimum atomic E-state index is -1.65. The number of benzene rings is 1. The predicted molar refractivity (Wildman–Crippen MR) is 120 cm³/mol. The van der Waals surface area contributed by atoms with Crippen molar-refractivity contribution in [3.8, 4) is 0 Å². The van der Waals surface area contributed by atoms with Gasteiger partial charge in [0.05, 0.1) is 5.92 Å². The number of allylic oxidation sites excluding steroid dienone is 1. The SMILES string of the molecule is C=C1C(C)=C([C@@H](O)[C@H](/C=C\CC)OC)O[C@]12C(=O)N[C@@](OC)(C(=O)c1ccccc1)[C@@H]2C. The number of ketones is 1. The molecule has 1 spiro atoms. The molecule has 0 unspecified atom stereocenters. The molecule has 2 heterocycles. The molecule has 0 saturated carbocycles. The molecular formula is C25H31NO6.